The van der Waals surface area contributed by atoms with E-state index in [2.05, 4.69) is 0 Å². The zero-order valence-electron chi connectivity index (χ0n) is 7.97. The third-order valence-corrected chi connectivity index (χ3v) is 3.68. The summed E-state index contributed by atoms with van der Waals surface area (Å²) < 4.78 is 27.3. The molecular weight excluding hydrogens is 210 g/mol. The maximum Gasteiger partial charge on any atom is 0.321 e. The number of aliphatic carboxylic acids is 1. The number of hydrogen-bond donors (Lipinski definition) is 2. The monoisotopic (exact) mass is 225 g/mol. The molecule has 7 heteroatoms. The number of nitrogens with two attached hydrogens (primary N) is 1. The second-order valence-corrected chi connectivity index (χ2v) is 5.19. The lowest BCUT2D eigenvalue weighted by molar-refractivity contribution is -0.136. The summed E-state index contributed by atoms with van der Waals surface area (Å²) in [6, 6.07) is 0. The molecule has 0 rings (SSSR count). The molecule has 0 radical (unpaired) electrons. The molecule has 0 aliphatic carbocycles. The van der Waals surface area contributed by atoms with Gasteiger partial charge in [0.05, 0.1) is 19.0 Å². The third kappa shape index (κ3) is 4.54. The molecule has 6 nitrogen and oxygen atoms in total. The van der Waals surface area contributed by atoms with E-state index in [0.717, 1.165) is 6.92 Å². The van der Waals surface area contributed by atoms with Crippen LogP contribution in [0.1, 0.15) is 6.92 Å². The van der Waals surface area contributed by atoms with Crippen molar-refractivity contribution in [1.82, 2.24) is 0 Å². The average Bonchev–Trinajstić information content (AvgIpc) is 2.11. The largest absolute Gasteiger partial charge is 0.480 e. The highest BCUT2D eigenvalue weighted by Gasteiger charge is 2.26. The molecule has 0 aromatic heterocycles. The fourth-order valence-corrected chi connectivity index (χ4v) is 1.70. The zero-order chi connectivity index (χ0) is 11.2. The van der Waals surface area contributed by atoms with Crippen LogP contribution in [0.3, 0.4) is 0 Å². The Kier molecular flexibility index (Phi) is 5.66. The summed E-state index contributed by atoms with van der Waals surface area (Å²) in [4.78, 5) is 10.4. The van der Waals surface area contributed by atoms with Crippen LogP contribution >= 0.6 is 0 Å². The van der Waals surface area contributed by atoms with Crippen LogP contribution in [0.5, 0.6) is 0 Å². The number of carboxylic acids is 1. The van der Waals surface area contributed by atoms with Gasteiger partial charge in [0.15, 0.2) is 15.1 Å². The maximum absolute atomic E-state index is 11.2. The van der Waals surface area contributed by atoms with Gasteiger partial charge < -0.3 is 15.6 Å². The first-order valence-corrected chi connectivity index (χ1v) is 5.85. The van der Waals surface area contributed by atoms with Gasteiger partial charge in [0.1, 0.15) is 0 Å². The topological polar surface area (TPSA) is 107 Å². The lowest BCUT2D eigenvalue weighted by Gasteiger charge is -2.08. The van der Waals surface area contributed by atoms with Gasteiger partial charge in [-0.05, 0) is 6.92 Å². The van der Waals surface area contributed by atoms with Crippen LogP contribution in [0.4, 0.5) is 0 Å². The van der Waals surface area contributed by atoms with Gasteiger partial charge in [-0.1, -0.05) is 0 Å². The Bertz CT molecular complexity index is 274. The van der Waals surface area contributed by atoms with Crippen molar-refractivity contribution in [2.45, 2.75) is 12.2 Å². The molecular formula is C7H15NO5S. The number of rotatable bonds is 7. The second kappa shape index (κ2) is 5.94. The van der Waals surface area contributed by atoms with Crippen molar-refractivity contribution >= 4 is 15.8 Å². The van der Waals surface area contributed by atoms with E-state index in [1.807, 2.05) is 0 Å². The molecule has 1 atom stereocenters. The van der Waals surface area contributed by atoms with Gasteiger partial charge in [0.25, 0.3) is 0 Å². The molecule has 0 amide bonds. The number of sulfone groups is 1. The van der Waals surface area contributed by atoms with Crippen molar-refractivity contribution in [3.8, 4) is 0 Å². The number of carbonyl (C=O) groups is 1. The van der Waals surface area contributed by atoms with Crippen LogP contribution in [-0.2, 0) is 19.4 Å². The molecule has 0 aliphatic rings. The summed E-state index contributed by atoms with van der Waals surface area (Å²) in [6.07, 6.45) is 0. The van der Waals surface area contributed by atoms with Gasteiger partial charge in [-0.15, -0.1) is 0 Å². The smallest absolute Gasteiger partial charge is 0.321 e. The fraction of sp³-hybridized carbons (Fsp3) is 0.857. The molecule has 84 valence electrons. The first-order valence-electron chi connectivity index (χ1n) is 4.14. The predicted molar refractivity (Wildman–Crippen MR) is 50.8 cm³/mol. The zero-order valence-corrected chi connectivity index (χ0v) is 8.79. The maximum atomic E-state index is 11.2. The minimum absolute atomic E-state index is 0.0167. The Balaban J connectivity index is 4.02. The van der Waals surface area contributed by atoms with E-state index in [0.29, 0.717) is 6.54 Å². The van der Waals surface area contributed by atoms with E-state index in [4.69, 9.17) is 15.6 Å². The highest BCUT2D eigenvalue weighted by Crippen LogP contribution is 2.01. The Morgan fingerprint density at radius 1 is 1.50 bits per heavy atom. The first kappa shape index (κ1) is 13.3. The Hall–Kier alpha value is -0.660. The van der Waals surface area contributed by atoms with Crippen molar-refractivity contribution < 1.29 is 23.1 Å². The van der Waals surface area contributed by atoms with Crippen LogP contribution in [0.15, 0.2) is 0 Å². The van der Waals surface area contributed by atoms with Crippen molar-refractivity contribution in [3.63, 3.8) is 0 Å². The van der Waals surface area contributed by atoms with Crippen LogP contribution in [0, 0.1) is 0 Å². The third-order valence-electron chi connectivity index (χ3n) is 1.66. The first-order chi connectivity index (χ1) is 6.41. The Morgan fingerprint density at radius 3 is 2.50 bits per heavy atom. The van der Waals surface area contributed by atoms with E-state index in [1.165, 1.54) is 0 Å². The molecule has 0 saturated heterocycles. The summed E-state index contributed by atoms with van der Waals surface area (Å²) in [5.74, 6) is -1.63. The van der Waals surface area contributed by atoms with E-state index < -0.39 is 21.1 Å². The van der Waals surface area contributed by atoms with Gasteiger partial charge in [0, 0.05) is 6.54 Å². The van der Waals surface area contributed by atoms with Crippen molar-refractivity contribution in [1.29, 1.82) is 0 Å². The average molecular weight is 225 g/mol. The van der Waals surface area contributed by atoms with Crippen molar-refractivity contribution in [2.24, 2.45) is 5.73 Å². The molecule has 3 N–H and O–H groups in total. The molecule has 0 aromatic rings. The van der Waals surface area contributed by atoms with E-state index in [9.17, 15) is 13.2 Å². The molecule has 0 heterocycles. The molecule has 14 heavy (non-hydrogen) atoms. The summed E-state index contributed by atoms with van der Waals surface area (Å²) >= 11 is 0. The molecule has 0 aromatic carbocycles. The summed E-state index contributed by atoms with van der Waals surface area (Å²) in [7, 11) is -3.61. The molecule has 0 fully saturated rings. The van der Waals surface area contributed by atoms with Gasteiger partial charge >= 0.3 is 5.97 Å². The molecule has 0 spiro atoms. The summed E-state index contributed by atoms with van der Waals surface area (Å²) in [5.41, 5.74) is 5.12. The number of hydrogen-bond acceptors (Lipinski definition) is 5. The SMILES string of the molecule is CC(C(=O)O)S(=O)(=O)CCOCCN. The number of carboxylic acid groups (broad SMARTS) is 1. The van der Waals surface area contributed by atoms with Crippen molar-refractivity contribution in [2.75, 3.05) is 25.5 Å². The Labute approximate surface area is 83.0 Å². The summed E-state index contributed by atoms with van der Waals surface area (Å²) in [5, 5.41) is 7.10. The van der Waals surface area contributed by atoms with Crippen LogP contribution in [0.2, 0.25) is 0 Å². The van der Waals surface area contributed by atoms with Crippen LogP contribution in [-0.4, -0.2) is 50.3 Å². The minimum atomic E-state index is -3.61. The second-order valence-electron chi connectivity index (χ2n) is 2.75. The van der Waals surface area contributed by atoms with Crippen LogP contribution < -0.4 is 5.73 Å². The van der Waals surface area contributed by atoms with Gasteiger partial charge in [-0.2, -0.15) is 0 Å². The van der Waals surface area contributed by atoms with E-state index >= 15 is 0 Å². The van der Waals surface area contributed by atoms with Gasteiger partial charge in [-0.3, -0.25) is 4.79 Å². The summed E-state index contributed by atoms with van der Waals surface area (Å²) in [6.45, 7) is 1.71. The molecule has 0 aliphatic heterocycles. The number of ether oxygens (including phenoxy) is 1. The van der Waals surface area contributed by atoms with Crippen molar-refractivity contribution in [3.05, 3.63) is 0 Å². The Morgan fingerprint density at radius 2 is 2.07 bits per heavy atom. The normalized spacial score (nSPS) is 13.9. The highest BCUT2D eigenvalue weighted by atomic mass is 32.2. The van der Waals surface area contributed by atoms with E-state index in [1.54, 1.807) is 0 Å². The quantitative estimate of drug-likeness (QED) is 0.530. The molecule has 1 unspecified atom stereocenters. The fourth-order valence-electron chi connectivity index (χ4n) is 0.691. The lowest BCUT2D eigenvalue weighted by Crippen LogP contribution is -2.30. The molecule has 0 saturated carbocycles. The predicted octanol–water partition coefficient (Wildman–Crippen LogP) is -1.15. The van der Waals surface area contributed by atoms with Gasteiger partial charge in [-0.25, -0.2) is 8.42 Å². The lowest BCUT2D eigenvalue weighted by atomic mass is 10.5. The van der Waals surface area contributed by atoms with E-state index in [-0.39, 0.29) is 19.0 Å². The van der Waals surface area contributed by atoms with Gasteiger partial charge in [0.2, 0.25) is 0 Å². The van der Waals surface area contributed by atoms with Crippen LogP contribution in [0.25, 0.3) is 0 Å². The molecule has 0 bridgehead atoms. The minimum Gasteiger partial charge on any atom is -0.480 e. The standard InChI is InChI=1S/C7H15NO5S/c1-6(7(9)10)14(11,12)5-4-13-3-2-8/h6H,2-5,8H2,1H3,(H,9,10). The highest BCUT2D eigenvalue weighted by molar-refractivity contribution is 7.92.